The molecule has 6 atom stereocenters. The van der Waals surface area contributed by atoms with Gasteiger partial charge in [0.1, 0.15) is 30.5 Å². The van der Waals surface area contributed by atoms with Crippen LogP contribution < -0.4 is 0 Å². The quantitative estimate of drug-likeness (QED) is 0.0197. The average Bonchev–Trinajstić information content (AvgIpc) is 3.27. The van der Waals surface area contributed by atoms with Crippen LogP contribution >= 0.6 is 0 Å². The number of aliphatic hydroxyl groups excluding tert-OH is 3. The third kappa shape index (κ3) is 36.0. The van der Waals surface area contributed by atoms with Crippen molar-refractivity contribution in [3.63, 3.8) is 0 Å². The Morgan fingerprint density at radius 3 is 1.41 bits per heavy atom. The highest BCUT2D eigenvalue weighted by Gasteiger charge is 2.48. The average molecular weight is 935 g/mol. The predicted octanol–water partition coefficient (Wildman–Crippen LogP) is 12.2. The number of esters is 1. The molecule has 1 aliphatic rings. The lowest BCUT2D eigenvalue weighted by molar-refractivity contribution is -0.301. The van der Waals surface area contributed by atoms with Crippen LogP contribution in [0.2, 0.25) is 0 Å². The van der Waals surface area contributed by atoms with Crippen LogP contribution in [0, 0.1) is 0 Å². The van der Waals surface area contributed by atoms with Crippen molar-refractivity contribution >= 4 is 16.4 Å². The second-order valence-corrected chi connectivity index (χ2v) is 19.5. The van der Waals surface area contributed by atoms with E-state index in [0.717, 1.165) is 38.5 Å². The van der Waals surface area contributed by atoms with Gasteiger partial charge in [-0.25, -0.2) is 4.18 Å². The molecule has 0 bridgehead atoms. The molecule has 0 aromatic rings. The zero-order valence-corrected chi connectivity index (χ0v) is 41.7. The summed E-state index contributed by atoms with van der Waals surface area (Å²) in [5, 5.41) is 30.7. The topological polar surface area (TPSA) is 178 Å². The van der Waals surface area contributed by atoms with Crippen LogP contribution in [0.1, 0.15) is 245 Å². The summed E-state index contributed by atoms with van der Waals surface area (Å²) < 4.78 is 59.2. The van der Waals surface area contributed by atoms with E-state index in [2.05, 4.69) is 30.2 Å². The summed E-state index contributed by atoms with van der Waals surface area (Å²) >= 11 is 0. The largest absolute Gasteiger partial charge is 0.457 e. The third-order valence-corrected chi connectivity index (χ3v) is 12.9. The molecule has 1 aliphatic heterocycles. The van der Waals surface area contributed by atoms with Crippen LogP contribution in [0.25, 0.3) is 0 Å². The Bertz CT molecular complexity index is 1170. The lowest BCUT2D eigenvalue weighted by atomic mass is 9.99. The van der Waals surface area contributed by atoms with Gasteiger partial charge in [0.15, 0.2) is 6.29 Å². The van der Waals surface area contributed by atoms with Crippen LogP contribution in [0.4, 0.5) is 0 Å². The Hall–Kier alpha value is -1.16. The van der Waals surface area contributed by atoms with Gasteiger partial charge in [-0.15, -0.1) is 0 Å². The number of hydrogen-bond donors (Lipinski definition) is 4. The standard InChI is InChI=1S/C51H98O12S/c1-3-5-7-9-11-13-15-16-17-18-19-20-21-22-23-24-25-26-27-28-29-31-33-35-37-39-41-59-43-45(61-47(53)40-38-36-34-32-30-14-12-10-8-6-4-2)44-60-51-49(55)50(63-64(56,57)58)48(54)46(42-52)62-51/h18-19,45-46,48-52,54-55H,3-17,20-44H2,1-2H3,(H,56,57,58)/b19-18-. The maximum atomic E-state index is 12.8. The molecule has 4 N–H and O–H groups in total. The summed E-state index contributed by atoms with van der Waals surface area (Å²) in [4.78, 5) is 12.8. The van der Waals surface area contributed by atoms with Crippen LogP contribution in [0.3, 0.4) is 0 Å². The minimum absolute atomic E-state index is 0.0423. The summed E-state index contributed by atoms with van der Waals surface area (Å²) in [5.74, 6) is -0.396. The third-order valence-electron chi connectivity index (χ3n) is 12.4. The summed E-state index contributed by atoms with van der Waals surface area (Å²) in [6.45, 7) is 4.02. The molecule has 0 spiro atoms. The van der Waals surface area contributed by atoms with Gasteiger partial charge in [0.2, 0.25) is 0 Å². The molecule has 1 saturated heterocycles. The SMILES string of the molecule is CCCCCCCCCC/C=C\CCCCCCCCCCCCCCCCOCC(COC1OC(CO)C(O)C(OS(=O)(=O)O)C1O)OC(=O)CCCCCCCCCCCCC. The number of carbonyl (C=O) groups excluding carboxylic acids is 1. The Morgan fingerprint density at radius 2 is 0.984 bits per heavy atom. The molecule has 13 heteroatoms. The maximum absolute atomic E-state index is 12.8. The van der Waals surface area contributed by atoms with E-state index >= 15 is 0 Å². The first-order chi connectivity index (χ1) is 31.1. The molecular formula is C51H98O12S. The Morgan fingerprint density at radius 1 is 0.578 bits per heavy atom. The first kappa shape index (κ1) is 60.9. The highest BCUT2D eigenvalue weighted by atomic mass is 32.3. The normalized spacial score (nSPS) is 19.8. The molecule has 0 aromatic heterocycles. The number of carbonyl (C=O) groups is 1. The molecule has 1 fully saturated rings. The second-order valence-electron chi connectivity index (χ2n) is 18.5. The van der Waals surface area contributed by atoms with Gasteiger partial charge in [0, 0.05) is 13.0 Å². The molecule has 0 saturated carbocycles. The summed E-state index contributed by atoms with van der Waals surface area (Å²) in [5.41, 5.74) is 0. The fraction of sp³-hybridized carbons (Fsp3) is 0.941. The minimum Gasteiger partial charge on any atom is -0.457 e. The molecule has 12 nitrogen and oxygen atoms in total. The first-order valence-corrected chi connectivity index (χ1v) is 27.8. The summed E-state index contributed by atoms with van der Waals surface area (Å²) in [7, 11) is -5.06. The van der Waals surface area contributed by atoms with E-state index in [1.54, 1.807) is 0 Å². The van der Waals surface area contributed by atoms with Crippen LogP contribution in [0.15, 0.2) is 12.2 Å². The van der Waals surface area contributed by atoms with E-state index in [-0.39, 0.29) is 19.6 Å². The molecule has 0 aromatic carbocycles. The number of allylic oxidation sites excluding steroid dienone is 2. The number of ether oxygens (including phenoxy) is 4. The smallest absolute Gasteiger partial charge is 0.397 e. The molecule has 1 heterocycles. The van der Waals surface area contributed by atoms with Crippen LogP contribution in [-0.2, 0) is 38.3 Å². The minimum atomic E-state index is -5.06. The molecule has 0 aliphatic carbocycles. The monoisotopic (exact) mass is 935 g/mol. The Balaban J connectivity index is 2.24. The highest BCUT2D eigenvalue weighted by molar-refractivity contribution is 7.80. The molecule has 64 heavy (non-hydrogen) atoms. The second kappa shape index (κ2) is 43.1. The zero-order valence-electron chi connectivity index (χ0n) is 40.9. The highest BCUT2D eigenvalue weighted by Crippen LogP contribution is 2.26. The fourth-order valence-electron chi connectivity index (χ4n) is 8.38. The van der Waals surface area contributed by atoms with Crippen molar-refractivity contribution in [2.75, 3.05) is 26.4 Å². The number of rotatable bonds is 47. The first-order valence-electron chi connectivity index (χ1n) is 26.4. The van der Waals surface area contributed by atoms with Gasteiger partial charge < -0.3 is 34.3 Å². The van der Waals surface area contributed by atoms with Gasteiger partial charge >= 0.3 is 16.4 Å². The van der Waals surface area contributed by atoms with Gasteiger partial charge in [-0.1, -0.05) is 212 Å². The number of hydrogen-bond acceptors (Lipinski definition) is 11. The molecule has 6 unspecified atom stereocenters. The van der Waals surface area contributed by atoms with Crippen molar-refractivity contribution in [1.29, 1.82) is 0 Å². The van der Waals surface area contributed by atoms with E-state index in [1.165, 1.54) is 180 Å². The lowest BCUT2D eigenvalue weighted by Gasteiger charge is -2.41. The van der Waals surface area contributed by atoms with Crippen LogP contribution in [0.5, 0.6) is 0 Å². The van der Waals surface area contributed by atoms with Gasteiger partial charge in [-0.05, 0) is 38.5 Å². The van der Waals surface area contributed by atoms with E-state index in [0.29, 0.717) is 13.0 Å². The molecular weight excluding hydrogens is 837 g/mol. The van der Waals surface area contributed by atoms with Crippen molar-refractivity contribution in [2.45, 2.75) is 282 Å². The molecule has 380 valence electrons. The summed E-state index contributed by atoms with van der Waals surface area (Å²) in [6, 6.07) is 0. The van der Waals surface area contributed by atoms with E-state index in [4.69, 9.17) is 18.9 Å². The lowest BCUT2D eigenvalue weighted by Crippen LogP contribution is -2.60. The Labute approximate surface area is 391 Å². The van der Waals surface area contributed by atoms with E-state index in [9.17, 15) is 33.1 Å². The van der Waals surface area contributed by atoms with Crippen molar-refractivity contribution in [1.82, 2.24) is 0 Å². The van der Waals surface area contributed by atoms with Crippen LogP contribution in [-0.4, -0.2) is 97.5 Å². The van der Waals surface area contributed by atoms with Crippen molar-refractivity contribution in [3.8, 4) is 0 Å². The van der Waals surface area contributed by atoms with Crippen molar-refractivity contribution < 1.29 is 56.2 Å². The number of unbranched alkanes of at least 4 members (excludes halogenated alkanes) is 32. The molecule has 0 radical (unpaired) electrons. The van der Waals surface area contributed by atoms with Gasteiger partial charge in [-0.2, -0.15) is 8.42 Å². The fourth-order valence-corrected chi connectivity index (χ4v) is 8.88. The zero-order chi connectivity index (χ0) is 46.8. The molecule has 0 amide bonds. The van der Waals surface area contributed by atoms with Gasteiger partial charge in [0.25, 0.3) is 0 Å². The summed E-state index contributed by atoms with van der Waals surface area (Å²) in [6.07, 6.45) is 39.8. The van der Waals surface area contributed by atoms with Gasteiger partial charge in [-0.3, -0.25) is 9.35 Å². The van der Waals surface area contributed by atoms with E-state index in [1.807, 2.05) is 0 Å². The van der Waals surface area contributed by atoms with Crippen molar-refractivity contribution in [2.24, 2.45) is 0 Å². The van der Waals surface area contributed by atoms with Gasteiger partial charge in [0.05, 0.1) is 19.8 Å². The van der Waals surface area contributed by atoms with Crippen molar-refractivity contribution in [3.05, 3.63) is 12.2 Å². The van der Waals surface area contributed by atoms with E-state index < -0.39 is 59.8 Å². The maximum Gasteiger partial charge on any atom is 0.397 e. The predicted molar refractivity (Wildman–Crippen MR) is 258 cm³/mol. The molecule has 1 rings (SSSR count). The number of aliphatic hydroxyl groups is 3. The Kier molecular flexibility index (Phi) is 41.0.